The van der Waals surface area contributed by atoms with Gasteiger partial charge in [0.05, 0.1) is 11.6 Å². The van der Waals surface area contributed by atoms with E-state index in [1.807, 2.05) is 18.4 Å². The first-order valence-corrected chi connectivity index (χ1v) is 18.8. The average molecular weight is 683 g/mol. The molecule has 0 saturated carbocycles. The molecule has 0 aliphatic heterocycles. The Morgan fingerprint density at radius 1 is 1.00 bits per heavy atom. The molecule has 1 atom stereocenters. The average Bonchev–Trinajstić information content (AvgIpc) is 3.30. The van der Waals surface area contributed by atoms with Crippen LogP contribution in [0.3, 0.4) is 0 Å². The third kappa shape index (κ3) is 7.65. The second kappa shape index (κ2) is 17.0. The van der Waals surface area contributed by atoms with Gasteiger partial charge in [0.15, 0.2) is 0 Å². The van der Waals surface area contributed by atoms with Crippen molar-refractivity contribution in [3.63, 3.8) is 0 Å². The van der Waals surface area contributed by atoms with Gasteiger partial charge in [-0.1, -0.05) is 112 Å². The molecule has 4 aromatic rings. The summed E-state index contributed by atoms with van der Waals surface area (Å²) in [6.07, 6.45) is 24.0. The van der Waals surface area contributed by atoms with Gasteiger partial charge >= 0.3 is 0 Å². The minimum absolute atomic E-state index is 0.0390. The molecule has 1 unspecified atom stereocenters. The third-order valence-electron chi connectivity index (χ3n) is 10.2. The molecule has 0 spiro atoms. The van der Waals surface area contributed by atoms with Crippen molar-refractivity contribution in [3.8, 4) is 23.0 Å². The lowest BCUT2D eigenvalue weighted by Gasteiger charge is -2.19. The summed E-state index contributed by atoms with van der Waals surface area (Å²) in [6.45, 7) is 11.0. The Labute approximate surface area is 310 Å². The summed E-state index contributed by atoms with van der Waals surface area (Å²) in [5.74, 6) is 6.94. The Morgan fingerprint density at radius 3 is 2.60 bits per heavy atom. The fourth-order valence-electron chi connectivity index (χ4n) is 7.31. The number of aromatic nitrogens is 1. The number of benzene rings is 3. The van der Waals surface area contributed by atoms with Crippen molar-refractivity contribution in [2.75, 3.05) is 0 Å². The van der Waals surface area contributed by atoms with E-state index in [0.717, 1.165) is 65.5 Å². The van der Waals surface area contributed by atoms with Gasteiger partial charge in [-0.25, -0.2) is 9.98 Å². The monoisotopic (exact) mass is 682 g/mol. The Bertz CT molecular complexity index is 2270. The lowest BCUT2D eigenvalue weighted by Crippen LogP contribution is -2.19. The Hall–Kier alpha value is -5.66. The summed E-state index contributed by atoms with van der Waals surface area (Å²) in [5, 5.41) is 1.19. The SMILES string of the molecule is C/C=C(\C)c1c(CC)n(C(N=CC2=CCC#CC=C2)=NC(CC)C2=CC=CCC2)c2ccc(-c3cccc(/C(=C/N)c4ccccc4CC)c3)cc12. The first-order chi connectivity index (χ1) is 25.5. The van der Waals surface area contributed by atoms with Crippen LogP contribution in [0.2, 0.25) is 0 Å². The molecular formula is C48H50N4. The van der Waals surface area contributed by atoms with E-state index in [2.05, 4.69) is 148 Å². The van der Waals surface area contributed by atoms with Crippen molar-refractivity contribution in [2.45, 2.75) is 79.2 Å². The zero-order valence-electron chi connectivity index (χ0n) is 31.3. The molecule has 4 heteroatoms. The van der Waals surface area contributed by atoms with Crippen LogP contribution >= 0.6 is 0 Å². The van der Waals surface area contributed by atoms with Crippen LogP contribution in [0.5, 0.6) is 0 Å². The van der Waals surface area contributed by atoms with E-state index < -0.39 is 0 Å². The van der Waals surface area contributed by atoms with Gasteiger partial charge in [0.1, 0.15) is 0 Å². The molecule has 0 radical (unpaired) electrons. The number of aryl methyl sites for hydroxylation is 1. The zero-order chi connectivity index (χ0) is 36.5. The van der Waals surface area contributed by atoms with Crippen LogP contribution in [0.15, 0.2) is 137 Å². The second-order valence-corrected chi connectivity index (χ2v) is 13.3. The molecule has 2 aliphatic carbocycles. The van der Waals surface area contributed by atoms with Gasteiger partial charge in [-0.05, 0) is 121 Å². The minimum Gasteiger partial charge on any atom is -0.404 e. The number of allylic oxidation sites excluding steroid dienone is 9. The molecule has 1 aromatic heterocycles. The van der Waals surface area contributed by atoms with Crippen LogP contribution in [0.4, 0.5) is 0 Å². The molecule has 6 rings (SSSR count). The van der Waals surface area contributed by atoms with Crippen LogP contribution in [0.25, 0.3) is 33.2 Å². The summed E-state index contributed by atoms with van der Waals surface area (Å²) in [5.41, 5.74) is 20.4. The Kier molecular flexibility index (Phi) is 11.8. The number of hydrogen-bond donors (Lipinski definition) is 1. The quantitative estimate of drug-likeness (QED) is 0.101. The van der Waals surface area contributed by atoms with E-state index in [-0.39, 0.29) is 6.04 Å². The number of nitrogens with zero attached hydrogens (tertiary/aromatic N) is 3. The predicted molar refractivity (Wildman–Crippen MR) is 225 cm³/mol. The largest absolute Gasteiger partial charge is 0.404 e. The Morgan fingerprint density at radius 2 is 1.85 bits per heavy atom. The molecular weight excluding hydrogens is 633 g/mol. The first-order valence-electron chi connectivity index (χ1n) is 18.8. The van der Waals surface area contributed by atoms with Crippen molar-refractivity contribution < 1.29 is 0 Å². The highest BCUT2D eigenvalue weighted by Crippen LogP contribution is 2.37. The number of rotatable bonds is 10. The van der Waals surface area contributed by atoms with E-state index in [9.17, 15) is 0 Å². The van der Waals surface area contributed by atoms with Crippen molar-refractivity contribution in [3.05, 3.63) is 155 Å². The lowest BCUT2D eigenvalue weighted by molar-refractivity contribution is 0.694. The maximum atomic E-state index is 6.31. The topological polar surface area (TPSA) is 55.7 Å². The van der Waals surface area contributed by atoms with E-state index in [1.54, 1.807) is 6.20 Å². The normalized spacial score (nSPS) is 15.8. The van der Waals surface area contributed by atoms with Crippen LogP contribution in [0, 0.1) is 11.8 Å². The van der Waals surface area contributed by atoms with Crippen LogP contribution in [0.1, 0.15) is 88.2 Å². The predicted octanol–water partition coefficient (Wildman–Crippen LogP) is 11.4. The van der Waals surface area contributed by atoms with Crippen molar-refractivity contribution in [2.24, 2.45) is 15.7 Å². The summed E-state index contributed by atoms with van der Waals surface area (Å²) in [6, 6.07) is 24.1. The van der Waals surface area contributed by atoms with Gasteiger partial charge in [0.25, 0.3) is 0 Å². The van der Waals surface area contributed by atoms with Crippen molar-refractivity contribution in [1.29, 1.82) is 0 Å². The minimum atomic E-state index is 0.0390. The number of fused-ring (bicyclic) bond motifs is 1. The van der Waals surface area contributed by atoms with Crippen molar-refractivity contribution >= 4 is 34.2 Å². The number of nitrogens with two attached hydrogens (primary N) is 1. The molecule has 1 heterocycles. The van der Waals surface area contributed by atoms with E-state index >= 15 is 0 Å². The fourth-order valence-corrected chi connectivity index (χ4v) is 7.31. The molecule has 2 N–H and O–H groups in total. The molecule has 0 amide bonds. The highest BCUT2D eigenvalue weighted by atomic mass is 15.2. The van der Waals surface area contributed by atoms with E-state index in [0.29, 0.717) is 12.4 Å². The highest BCUT2D eigenvalue weighted by molar-refractivity contribution is 6.06. The summed E-state index contributed by atoms with van der Waals surface area (Å²) < 4.78 is 2.31. The maximum Gasteiger partial charge on any atom is 0.230 e. The van der Waals surface area contributed by atoms with Gasteiger partial charge in [0.2, 0.25) is 5.96 Å². The van der Waals surface area contributed by atoms with Gasteiger partial charge < -0.3 is 5.73 Å². The van der Waals surface area contributed by atoms with Gasteiger partial charge in [-0.2, -0.15) is 0 Å². The molecule has 0 fully saturated rings. The fraction of sp³-hybridized carbons (Fsp3) is 0.250. The molecule has 52 heavy (non-hydrogen) atoms. The van der Waals surface area contributed by atoms with Crippen molar-refractivity contribution in [1.82, 2.24) is 4.57 Å². The molecule has 3 aromatic carbocycles. The van der Waals surface area contributed by atoms with Gasteiger partial charge in [0, 0.05) is 41.1 Å². The molecule has 2 aliphatic rings. The van der Waals surface area contributed by atoms with Gasteiger partial charge in [-0.3, -0.25) is 4.57 Å². The molecule has 4 nitrogen and oxygen atoms in total. The number of aliphatic imine (C=N–C) groups is 2. The second-order valence-electron chi connectivity index (χ2n) is 13.3. The number of hydrogen-bond acceptors (Lipinski definition) is 2. The van der Waals surface area contributed by atoms with Crippen LogP contribution < -0.4 is 5.73 Å². The third-order valence-corrected chi connectivity index (χ3v) is 10.2. The Balaban J connectivity index is 1.53. The summed E-state index contributed by atoms with van der Waals surface area (Å²) in [4.78, 5) is 10.7. The highest BCUT2D eigenvalue weighted by Gasteiger charge is 2.23. The van der Waals surface area contributed by atoms with Crippen LogP contribution in [-0.4, -0.2) is 22.8 Å². The van der Waals surface area contributed by atoms with E-state index in [1.165, 1.54) is 38.9 Å². The zero-order valence-corrected chi connectivity index (χ0v) is 31.3. The van der Waals surface area contributed by atoms with Crippen LogP contribution in [-0.2, 0) is 12.8 Å². The lowest BCUT2D eigenvalue weighted by atomic mass is 9.91. The molecule has 0 saturated heterocycles. The van der Waals surface area contributed by atoms with Gasteiger partial charge in [-0.15, -0.1) is 0 Å². The summed E-state index contributed by atoms with van der Waals surface area (Å²) in [7, 11) is 0. The first kappa shape index (κ1) is 36.1. The maximum absolute atomic E-state index is 6.31. The van der Waals surface area contributed by atoms with E-state index in [4.69, 9.17) is 15.7 Å². The summed E-state index contributed by atoms with van der Waals surface area (Å²) >= 11 is 0. The smallest absolute Gasteiger partial charge is 0.230 e. The molecule has 0 bridgehead atoms. The standard InChI is InChI=1S/C48H50N4/c1-6-34(5)47-42-31-39(38-25-19-26-40(30-38)43(32-49)41-27-18-17-22-36(41)7-2)28-29-46(42)52(45(47)9-4)48(50-33-35-20-13-10-11-14-21-35)51-44(8-3)37-23-15-12-16-24-37/h6,12-13,15,17-23,25-33,44H,7-9,14,16,24,49H2,1-5H3/b34-6+,43-32-,50-33?,51-48?. The molecule has 262 valence electrons.